The van der Waals surface area contributed by atoms with Gasteiger partial charge in [-0.2, -0.15) is 17.5 Å². The number of alkyl halides is 3. The van der Waals surface area contributed by atoms with Crippen LogP contribution in [0.15, 0.2) is 46.0 Å². The summed E-state index contributed by atoms with van der Waals surface area (Å²) in [7, 11) is -3.84. The first-order valence-corrected chi connectivity index (χ1v) is 13.2. The van der Waals surface area contributed by atoms with Crippen molar-refractivity contribution < 1.29 is 26.4 Å². The standard InChI is InChI=1S/C20H17ClF3N3O3S3/c21-16-6-7-18(32-16)33(29,30)27-8-2-5-15(27)19(28)25-10-17-26-14(11-31-17)12-3-1-4-13(9-12)20(22,23)24/h1,3-4,6-7,9,11,15H,2,5,8,10H2,(H,25,28)/t15-/m0/s1. The van der Waals surface area contributed by atoms with Crippen LogP contribution < -0.4 is 5.32 Å². The van der Waals surface area contributed by atoms with E-state index in [0.29, 0.717) is 33.4 Å². The average molecular weight is 536 g/mol. The summed E-state index contributed by atoms with van der Waals surface area (Å²) >= 11 is 7.99. The maximum absolute atomic E-state index is 13.0. The monoisotopic (exact) mass is 535 g/mol. The van der Waals surface area contributed by atoms with Crippen LogP contribution in [0, 0.1) is 0 Å². The average Bonchev–Trinajstić information content (AvgIpc) is 3.52. The molecular weight excluding hydrogens is 519 g/mol. The summed E-state index contributed by atoms with van der Waals surface area (Å²) in [6.45, 7) is 0.268. The number of nitrogens with one attached hydrogen (secondary N) is 1. The minimum Gasteiger partial charge on any atom is -0.348 e. The van der Waals surface area contributed by atoms with E-state index in [0.717, 1.165) is 23.5 Å². The van der Waals surface area contributed by atoms with Crippen molar-refractivity contribution in [1.29, 1.82) is 0 Å². The maximum Gasteiger partial charge on any atom is 0.416 e. The summed E-state index contributed by atoms with van der Waals surface area (Å²) in [6, 6.07) is 6.92. The number of benzene rings is 1. The minimum atomic E-state index is -4.45. The number of thiophene rings is 1. The Balaban J connectivity index is 1.43. The molecule has 0 saturated carbocycles. The molecule has 1 aliphatic heterocycles. The third-order valence-corrected chi connectivity index (χ3v) is 9.52. The Morgan fingerprint density at radius 3 is 2.76 bits per heavy atom. The summed E-state index contributed by atoms with van der Waals surface area (Å²) in [5.74, 6) is -0.449. The largest absolute Gasteiger partial charge is 0.416 e. The van der Waals surface area contributed by atoms with Crippen LogP contribution >= 0.6 is 34.3 Å². The Bertz CT molecular complexity index is 1270. The molecule has 0 unspecified atom stereocenters. The molecule has 2 aromatic heterocycles. The van der Waals surface area contributed by atoms with E-state index in [1.807, 2.05) is 0 Å². The molecule has 13 heteroatoms. The van der Waals surface area contributed by atoms with Crippen LogP contribution in [0.5, 0.6) is 0 Å². The van der Waals surface area contributed by atoms with Gasteiger partial charge in [-0.25, -0.2) is 13.4 Å². The van der Waals surface area contributed by atoms with Crippen LogP contribution in [0.25, 0.3) is 11.3 Å². The molecule has 1 saturated heterocycles. The van der Waals surface area contributed by atoms with E-state index < -0.39 is 33.7 Å². The predicted octanol–water partition coefficient (Wildman–Crippen LogP) is 5.01. The van der Waals surface area contributed by atoms with Crippen molar-refractivity contribution in [2.75, 3.05) is 6.54 Å². The first-order valence-electron chi connectivity index (χ1n) is 9.72. The SMILES string of the molecule is O=C(NCc1nc(-c2cccc(C(F)(F)F)c2)cs1)[C@@H]1CCCN1S(=O)(=O)c1ccc(Cl)s1. The van der Waals surface area contributed by atoms with E-state index in [4.69, 9.17) is 11.6 Å². The molecule has 0 aliphatic carbocycles. The van der Waals surface area contributed by atoms with Gasteiger partial charge in [0, 0.05) is 17.5 Å². The summed E-state index contributed by atoms with van der Waals surface area (Å²) in [4.78, 5) is 17.1. The Morgan fingerprint density at radius 2 is 2.06 bits per heavy atom. The first-order chi connectivity index (χ1) is 15.6. The van der Waals surface area contributed by atoms with E-state index in [2.05, 4.69) is 10.3 Å². The number of halogens is 4. The summed E-state index contributed by atoms with van der Waals surface area (Å²) in [5.41, 5.74) is -0.0752. The lowest BCUT2D eigenvalue weighted by molar-refractivity contribution is -0.137. The quantitative estimate of drug-likeness (QED) is 0.481. The zero-order chi connectivity index (χ0) is 23.8. The van der Waals surface area contributed by atoms with Gasteiger partial charge >= 0.3 is 6.18 Å². The number of amides is 1. The number of sulfonamides is 1. The molecule has 1 N–H and O–H groups in total. The van der Waals surface area contributed by atoms with E-state index in [-0.39, 0.29) is 17.3 Å². The molecule has 1 amide bonds. The molecule has 6 nitrogen and oxygen atoms in total. The number of nitrogens with zero attached hydrogens (tertiary/aromatic N) is 2. The molecule has 1 aliphatic rings. The van der Waals surface area contributed by atoms with Crippen LogP contribution in [0.4, 0.5) is 13.2 Å². The first kappa shape index (κ1) is 24.1. The second kappa shape index (κ2) is 9.34. The van der Waals surface area contributed by atoms with E-state index in [1.54, 1.807) is 5.38 Å². The van der Waals surface area contributed by atoms with Gasteiger partial charge < -0.3 is 5.32 Å². The van der Waals surface area contributed by atoms with Gasteiger partial charge in [-0.05, 0) is 37.1 Å². The normalized spacial score (nSPS) is 17.4. The molecule has 0 spiro atoms. The molecule has 1 atom stereocenters. The molecular formula is C20H17ClF3N3O3S3. The fourth-order valence-electron chi connectivity index (χ4n) is 3.50. The smallest absolute Gasteiger partial charge is 0.348 e. The van der Waals surface area contributed by atoms with Crippen LogP contribution in [-0.4, -0.2) is 36.2 Å². The number of thiazole rings is 1. The van der Waals surface area contributed by atoms with Crippen LogP contribution in [0.1, 0.15) is 23.4 Å². The molecule has 3 heterocycles. The van der Waals surface area contributed by atoms with Gasteiger partial charge in [-0.15, -0.1) is 22.7 Å². The Morgan fingerprint density at radius 1 is 1.27 bits per heavy atom. The van der Waals surface area contributed by atoms with Gasteiger partial charge in [-0.1, -0.05) is 23.7 Å². The van der Waals surface area contributed by atoms with Crippen molar-refractivity contribution >= 4 is 50.2 Å². The number of hydrogen-bond acceptors (Lipinski definition) is 6. The molecule has 1 fully saturated rings. The van der Waals surface area contributed by atoms with Crippen LogP contribution in [0.2, 0.25) is 4.34 Å². The van der Waals surface area contributed by atoms with Crippen molar-refractivity contribution in [1.82, 2.24) is 14.6 Å². The van der Waals surface area contributed by atoms with Crippen molar-refractivity contribution in [2.45, 2.75) is 35.8 Å². The number of hydrogen-bond donors (Lipinski definition) is 1. The maximum atomic E-state index is 13.0. The van der Waals surface area contributed by atoms with Crippen LogP contribution in [-0.2, 0) is 27.5 Å². The Labute approximate surface area is 201 Å². The third kappa shape index (κ3) is 5.24. The highest BCUT2D eigenvalue weighted by molar-refractivity contribution is 7.91. The zero-order valence-electron chi connectivity index (χ0n) is 16.8. The molecule has 33 heavy (non-hydrogen) atoms. The second-order valence-electron chi connectivity index (χ2n) is 7.26. The highest BCUT2D eigenvalue weighted by Gasteiger charge is 2.40. The number of carbonyl (C=O) groups excluding carboxylic acids is 1. The van der Waals surface area contributed by atoms with Gasteiger partial charge in [-0.3, -0.25) is 4.79 Å². The van der Waals surface area contributed by atoms with Gasteiger partial charge in [0.25, 0.3) is 10.0 Å². The van der Waals surface area contributed by atoms with Gasteiger partial charge in [0.05, 0.1) is 22.1 Å². The fourth-order valence-corrected chi connectivity index (χ4v) is 7.51. The van der Waals surface area contributed by atoms with Crippen molar-refractivity contribution in [3.8, 4) is 11.3 Å². The van der Waals surface area contributed by atoms with Gasteiger partial charge in [0.2, 0.25) is 5.91 Å². The summed E-state index contributed by atoms with van der Waals surface area (Å²) in [6.07, 6.45) is -3.52. The second-order valence-corrected chi connectivity index (χ2v) is 12.0. The minimum absolute atomic E-state index is 0.0394. The van der Waals surface area contributed by atoms with Crippen LogP contribution in [0.3, 0.4) is 0 Å². The van der Waals surface area contributed by atoms with E-state index in [9.17, 15) is 26.4 Å². The third-order valence-electron chi connectivity index (χ3n) is 5.07. The lowest BCUT2D eigenvalue weighted by Gasteiger charge is -2.22. The highest BCUT2D eigenvalue weighted by Crippen LogP contribution is 2.33. The zero-order valence-corrected chi connectivity index (χ0v) is 20.0. The number of carbonyl (C=O) groups is 1. The summed E-state index contributed by atoms with van der Waals surface area (Å²) in [5, 5.41) is 4.81. The highest BCUT2D eigenvalue weighted by atomic mass is 35.5. The predicted molar refractivity (Wildman–Crippen MR) is 121 cm³/mol. The Hall–Kier alpha value is -1.99. The molecule has 3 aromatic rings. The molecule has 1 aromatic carbocycles. The molecule has 4 rings (SSSR count). The van der Waals surface area contributed by atoms with Gasteiger partial charge in [0.1, 0.15) is 15.3 Å². The molecule has 176 valence electrons. The van der Waals surface area contributed by atoms with Crippen molar-refractivity contribution in [2.24, 2.45) is 0 Å². The van der Waals surface area contributed by atoms with Crippen molar-refractivity contribution in [3.63, 3.8) is 0 Å². The van der Waals surface area contributed by atoms with Gasteiger partial charge in [0.15, 0.2) is 0 Å². The van der Waals surface area contributed by atoms with E-state index >= 15 is 0 Å². The van der Waals surface area contributed by atoms with Crippen molar-refractivity contribution in [3.05, 3.63) is 56.7 Å². The molecule has 0 bridgehead atoms. The lowest BCUT2D eigenvalue weighted by atomic mass is 10.1. The van der Waals surface area contributed by atoms with E-state index in [1.165, 1.54) is 39.9 Å². The topological polar surface area (TPSA) is 79.4 Å². The number of rotatable bonds is 6. The fraction of sp³-hybridized carbons (Fsp3) is 0.300. The Kier molecular flexibility index (Phi) is 6.83. The summed E-state index contributed by atoms with van der Waals surface area (Å²) < 4.78 is 66.3. The number of aromatic nitrogens is 1. The molecule has 0 radical (unpaired) electrons. The lowest BCUT2D eigenvalue weighted by Crippen LogP contribution is -2.45.